The van der Waals surface area contributed by atoms with Gasteiger partial charge in [-0.25, -0.2) is 12.8 Å². The molecule has 0 saturated carbocycles. The van der Waals surface area contributed by atoms with E-state index in [9.17, 15) is 17.6 Å². The molecule has 1 aromatic rings. The van der Waals surface area contributed by atoms with Crippen LogP contribution in [0.1, 0.15) is 0 Å². The summed E-state index contributed by atoms with van der Waals surface area (Å²) >= 11 is 0. The van der Waals surface area contributed by atoms with Gasteiger partial charge in [0.1, 0.15) is 5.82 Å². The van der Waals surface area contributed by atoms with Gasteiger partial charge in [0.15, 0.2) is 12.5 Å². The average molecular weight is 259 g/mol. The summed E-state index contributed by atoms with van der Waals surface area (Å²) in [4.78, 5) is 10.6. The molecule has 1 atom stereocenters. The molecule has 0 aliphatic carbocycles. The topological polar surface area (TPSA) is 63.7 Å². The van der Waals surface area contributed by atoms with Crippen LogP contribution in [-0.2, 0) is 19.6 Å². The van der Waals surface area contributed by atoms with Gasteiger partial charge < -0.3 is 4.74 Å². The van der Waals surface area contributed by atoms with Gasteiger partial charge in [-0.2, -0.15) is 4.31 Å². The molecular formula is C10H10FNO4S. The molecule has 1 aliphatic rings. The van der Waals surface area contributed by atoms with Crippen molar-refractivity contribution < 1.29 is 22.3 Å². The van der Waals surface area contributed by atoms with E-state index < -0.39 is 22.1 Å². The van der Waals surface area contributed by atoms with Crippen LogP contribution < -0.4 is 0 Å². The van der Waals surface area contributed by atoms with E-state index in [4.69, 9.17) is 4.74 Å². The van der Waals surface area contributed by atoms with E-state index in [-0.39, 0.29) is 18.0 Å². The molecule has 1 fully saturated rings. The molecule has 1 unspecified atom stereocenters. The second-order valence-electron chi connectivity index (χ2n) is 3.47. The van der Waals surface area contributed by atoms with E-state index in [1.807, 2.05) is 0 Å². The van der Waals surface area contributed by atoms with Crippen molar-refractivity contribution in [3.8, 4) is 0 Å². The zero-order valence-corrected chi connectivity index (χ0v) is 9.56. The van der Waals surface area contributed by atoms with Crippen LogP contribution >= 0.6 is 0 Å². The molecule has 0 amide bonds. The van der Waals surface area contributed by atoms with Crippen molar-refractivity contribution in [1.29, 1.82) is 0 Å². The van der Waals surface area contributed by atoms with Gasteiger partial charge in [-0.1, -0.05) is 0 Å². The van der Waals surface area contributed by atoms with Crippen molar-refractivity contribution in [3.63, 3.8) is 0 Å². The van der Waals surface area contributed by atoms with Crippen molar-refractivity contribution >= 4 is 16.3 Å². The van der Waals surface area contributed by atoms with Gasteiger partial charge in [-0.05, 0) is 24.3 Å². The van der Waals surface area contributed by atoms with Crippen molar-refractivity contribution in [2.45, 2.75) is 11.1 Å². The number of benzene rings is 1. The molecular weight excluding hydrogens is 249 g/mol. The van der Waals surface area contributed by atoms with Gasteiger partial charge >= 0.3 is 0 Å². The SMILES string of the molecule is O=CC1OCCN1S(=O)(=O)c1ccc(F)cc1. The summed E-state index contributed by atoms with van der Waals surface area (Å²) in [5.74, 6) is -0.520. The second kappa shape index (κ2) is 4.52. The summed E-state index contributed by atoms with van der Waals surface area (Å²) in [5, 5.41) is 0. The molecule has 5 nitrogen and oxygen atoms in total. The van der Waals surface area contributed by atoms with Crippen LogP contribution in [0.5, 0.6) is 0 Å². The molecule has 1 aromatic carbocycles. The Morgan fingerprint density at radius 2 is 2.00 bits per heavy atom. The Labute approximate surface area is 97.8 Å². The lowest BCUT2D eigenvalue weighted by atomic mass is 10.4. The number of carbonyl (C=O) groups is 1. The molecule has 1 aliphatic heterocycles. The maximum absolute atomic E-state index is 12.7. The van der Waals surface area contributed by atoms with Gasteiger partial charge in [0.2, 0.25) is 10.0 Å². The van der Waals surface area contributed by atoms with Gasteiger partial charge in [0.05, 0.1) is 11.5 Å². The van der Waals surface area contributed by atoms with Gasteiger partial charge in [0.25, 0.3) is 0 Å². The fourth-order valence-corrected chi connectivity index (χ4v) is 3.03. The first-order valence-electron chi connectivity index (χ1n) is 4.90. The van der Waals surface area contributed by atoms with Crippen molar-refractivity contribution in [2.24, 2.45) is 0 Å². The highest BCUT2D eigenvalue weighted by Crippen LogP contribution is 2.21. The lowest BCUT2D eigenvalue weighted by Crippen LogP contribution is -2.37. The fraction of sp³-hybridized carbons (Fsp3) is 0.300. The van der Waals surface area contributed by atoms with Crippen LogP contribution in [0, 0.1) is 5.82 Å². The van der Waals surface area contributed by atoms with Crippen molar-refractivity contribution in [3.05, 3.63) is 30.1 Å². The number of nitrogens with zero attached hydrogens (tertiary/aromatic N) is 1. The Morgan fingerprint density at radius 1 is 1.35 bits per heavy atom. The van der Waals surface area contributed by atoms with Gasteiger partial charge in [-0.3, -0.25) is 4.79 Å². The molecule has 0 radical (unpaired) electrons. The monoisotopic (exact) mass is 259 g/mol. The summed E-state index contributed by atoms with van der Waals surface area (Å²) in [5.41, 5.74) is 0. The Morgan fingerprint density at radius 3 is 2.59 bits per heavy atom. The van der Waals surface area contributed by atoms with Crippen LogP contribution in [0.15, 0.2) is 29.2 Å². The van der Waals surface area contributed by atoms with Crippen LogP contribution in [0.25, 0.3) is 0 Å². The quantitative estimate of drug-likeness (QED) is 0.736. The third-order valence-corrected chi connectivity index (χ3v) is 4.30. The number of hydrogen-bond donors (Lipinski definition) is 0. The molecule has 2 rings (SSSR count). The third-order valence-electron chi connectivity index (χ3n) is 2.42. The molecule has 0 spiro atoms. The first kappa shape index (κ1) is 12.2. The number of rotatable bonds is 3. The molecule has 92 valence electrons. The molecule has 0 N–H and O–H groups in total. The third kappa shape index (κ3) is 2.21. The highest BCUT2D eigenvalue weighted by atomic mass is 32.2. The number of halogens is 1. The predicted octanol–water partition coefficient (Wildman–Crippen LogP) is 0.372. The van der Waals surface area contributed by atoms with E-state index in [0.717, 1.165) is 28.6 Å². The number of carbonyl (C=O) groups excluding carboxylic acids is 1. The molecule has 0 bridgehead atoms. The number of aldehydes is 1. The van der Waals surface area contributed by atoms with Crippen LogP contribution in [0.2, 0.25) is 0 Å². The average Bonchev–Trinajstić information content (AvgIpc) is 2.78. The van der Waals surface area contributed by atoms with Crippen LogP contribution in [0.3, 0.4) is 0 Å². The Balaban J connectivity index is 2.36. The Bertz CT molecular complexity index is 514. The summed E-state index contributed by atoms with van der Waals surface area (Å²) in [6, 6.07) is 4.43. The van der Waals surface area contributed by atoms with Crippen molar-refractivity contribution in [2.75, 3.05) is 13.2 Å². The highest BCUT2D eigenvalue weighted by molar-refractivity contribution is 7.89. The fourth-order valence-electron chi connectivity index (χ4n) is 1.58. The van der Waals surface area contributed by atoms with E-state index in [2.05, 4.69) is 0 Å². The van der Waals surface area contributed by atoms with Gasteiger partial charge in [-0.15, -0.1) is 0 Å². The summed E-state index contributed by atoms with van der Waals surface area (Å²) in [7, 11) is -3.81. The Kier molecular flexibility index (Phi) is 3.23. The zero-order valence-electron chi connectivity index (χ0n) is 8.74. The number of hydrogen-bond acceptors (Lipinski definition) is 4. The molecule has 1 heterocycles. The lowest BCUT2D eigenvalue weighted by molar-refractivity contribution is -0.118. The van der Waals surface area contributed by atoms with E-state index in [1.165, 1.54) is 0 Å². The number of sulfonamides is 1. The number of ether oxygens (including phenoxy) is 1. The largest absolute Gasteiger partial charge is 0.354 e. The van der Waals surface area contributed by atoms with Crippen LogP contribution in [0.4, 0.5) is 4.39 Å². The summed E-state index contributed by atoms with van der Waals surface area (Å²) < 4.78 is 42.8. The molecule has 17 heavy (non-hydrogen) atoms. The minimum atomic E-state index is -3.81. The predicted molar refractivity (Wildman–Crippen MR) is 56.1 cm³/mol. The lowest BCUT2D eigenvalue weighted by Gasteiger charge is -2.18. The normalized spacial score (nSPS) is 21.6. The first-order chi connectivity index (χ1) is 8.05. The van der Waals surface area contributed by atoms with E-state index in [1.54, 1.807) is 0 Å². The second-order valence-corrected chi connectivity index (χ2v) is 5.36. The Hall–Kier alpha value is -1.31. The standard InChI is InChI=1S/C10H10FNO4S/c11-8-1-3-9(4-2-8)17(14,15)12-5-6-16-10(12)7-13/h1-4,7,10H,5-6H2. The minimum absolute atomic E-state index is 0.0590. The smallest absolute Gasteiger partial charge is 0.245 e. The van der Waals surface area contributed by atoms with Gasteiger partial charge in [0, 0.05) is 6.54 Å². The highest BCUT2D eigenvalue weighted by Gasteiger charge is 2.35. The zero-order chi connectivity index (χ0) is 12.5. The molecule has 0 aromatic heterocycles. The first-order valence-corrected chi connectivity index (χ1v) is 6.34. The summed E-state index contributed by atoms with van der Waals surface area (Å²) in [6.45, 7) is 0.285. The van der Waals surface area contributed by atoms with Crippen LogP contribution in [-0.4, -0.2) is 38.4 Å². The van der Waals surface area contributed by atoms with Crippen molar-refractivity contribution in [1.82, 2.24) is 4.31 Å². The molecule has 1 saturated heterocycles. The van der Waals surface area contributed by atoms with E-state index in [0.29, 0.717) is 6.29 Å². The van der Waals surface area contributed by atoms with E-state index >= 15 is 0 Å². The summed E-state index contributed by atoms with van der Waals surface area (Å²) in [6.07, 6.45) is -0.668. The maximum atomic E-state index is 12.7. The minimum Gasteiger partial charge on any atom is -0.354 e. The molecule has 7 heteroatoms. The maximum Gasteiger partial charge on any atom is 0.245 e.